The maximum atomic E-state index is 10.1. The molecule has 0 amide bonds. The average Bonchev–Trinajstić information content (AvgIpc) is 2.10. The van der Waals surface area contributed by atoms with Gasteiger partial charge in [0, 0.05) is 17.2 Å². The molecule has 0 heterocycles. The van der Waals surface area contributed by atoms with Gasteiger partial charge in [0.15, 0.2) is 6.29 Å². The fourth-order valence-electron chi connectivity index (χ4n) is 0.320. The topological polar surface area (TPSA) is 37.3 Å². The van der Waals surface area contributed by atoms with Crippen molar-refractivity contribution >= 4 is 22.2 Å². The van der Waals surface area contributed by atoms with Crippen LogP contribution in [0, 0.1) is 0 Å². The summed E-state index contributed by atoms with van der Waals surface area (Å²) >= 11 is 3.12. The summed E-state index contributed by atoms with van der Waals surface area (Å²) in [5.74, 6) is 0. The van der Waals surface area contributed by atoms with Crippen LogP contribution < -0.4 is 0 Å². The maximum Gasteiger partial charge on any atom is 0.151 e. The molecule has 0 saturated heterocycles. The second-order valence-electron chi connectivity index (χ2n) is 1.33. The smallest absolute Gasteiger partial charge is 0.151 e. The molecular weight excluding hydrogens is 208 g/mol. The van der Waals surface area contributed by atoms with Gasteiger partial charge in [0.25, 0.3) is 0 Å². The molecule has 0 atom stereocenters. The molecule has 0 aliphatic carbocycles. The first-order valence-electron chi connectivity index (χ1n) is 2.80. The molecule has 0 spiro atoms. The Balaban J connectivity index is 0. The van der Waals surface area contributed by atoms with Gasteiger partial charge in [-0.3, -0.25) is 4.79 Å². The van der Waals surface area contributed by atoms with Crippen LogP contribution in [0.25, 0.3) is 0 Å². The summed E-state index contributed by atoms with van der Waals surface area (Å²) in [6.45, 7) is 6.90. The van der Waals surface area contributed by atoms with E-state index >= 15 is 0 Å². The van der Waals surface area contributed by atoms with Crippen molar-refractivity contribution in [1.82, 2.24) is 0 Å². The number of halogens is 1. The Morgan fingerprint density at radius 2 is 1.82 bits per heavy atom. The van der Waals surface area contributed by atoms with Crippen LogP contribution in [0.15, 0.2) is 35.4 Å². The van der Waals surface area contributed by atoms with Gasteiger partial charge in [-0.15, -0.1) is 0 Å². The number of hydrogen-bond acceptors (Lipinski definition) is 2. The summed E-state index contributed by atoms with van der Waals surface area (Å²) in [4.78, 5) is 10.1. The van der Waals surface area contributed by atoms with Gasteiger partial charge in [0.1, 0.15) is 0 Å². The number of aldehydes is 1. The van der Waals surface area contributed by atoms with Crippen LogP contribution in [0.4, 0.5) is 0 Å². The normalized spacial score (nSPS) is 10.1. The first-order valence-corrected chi connectivity index (χ1v) is 3.60. The largest absolute Gasteiger partial charge is 0.400 e. The van der Waals surface area contributed by atoms with E-state index in [0.29, 0.717) is 10.1 Å². The molecule has 0 aromatic carbocycles. The number of allylic oxidation sites excluding steroid dienone is 4. The van der Waals surface area contributed by atoms with Crippen molar-refractivity contribution < 1.29 is 9.90 Å². The van der Waals surface area contributed by atoms with Gasteiger partial charge in [-0.05, 0) is 0 Å². The van der Waals surface area contributed by atoms with Gasteiger partial charge < -0.3 is 5.11 Å². The van der Waals surface area contributed by atoms with E-state index in [-0.39, 0.29) is 0 Å². The van der Waals surface area contributed by atoms with E-state index < -0.39 is 0 Å². The highest BCUT2D eigenvalue weighted by Gasteiger charge is 1.91. The van der Waals surface area contributed by atoms with Crippen LogP contribution in [0.3, 0.4) is 0 Å². The fourth-order valence-corrected chi connectivity index (χ4v) is 0.575. The third kappa shape index (κ3) is 5.76. The molecule has 11 heavy (non-hydrogen) atoms. The Hall–Kier alpha value is -0.670. The average molecular weight is 219 g/mol. The lowest BCUT2D eigenvalue weighted by atomic mass is 10.3. The molecule has 0 radical (unpaired) electrons. The highest BCUT2D eigenvalue weighted by atomic mass is 79.9. The molecule has 2 nitrogen and oxygen atoms in total. The SMILES string of the molecule is C=C/C(Br)=C(\C=C)C=O.CO. The third-order valence-corrected chi connectivity index (χ3v) is 1.58. The predicted octanol–water partition coefficient (Wildman–Crippen LogP) is 1.81. The zero-order valence-electron chi connectivity index (χ0n) is 6.38. The predicted molar refractivity (Wildman–Crippen MR) is 50.6 cm³/mol. The van der Waals surface area contributed by atoms with E-state index in [9.17, 15) is 4.79 Å². The van der Waals surface area contributed by atoms with Crippen LogP contribution in [0.2, 0.25) is 0 Å². The molecule has 3 heteroatoms. The monoisotopic (exact) mass is 218 g/mol. The molecular formula is C8H11BrO2. The number of rotatable bonds is 3. The number of carbonyl (C=O) groups excluding carboxylic acids is 1. The van der Waals surface area contributed by atoms with E-state index in [1.54, 1.807) is 6.08 Å². The highest BCUT2D eigenvalue weighted by molar-refractivity contribution is 9.11. The van der Waals surface area contributed by atoms with E-state index in [0.717, 1.165) is 13.4 Å². The molecule has 0 aromatic rings. The Morgan fingerprint density at radius 1 is 1.36 bits per heavy atom. The molecule has 0 saturated carbocycles. The van der Waals surface area contributed by atoms with E-state index in [2.05, 4.69) is 29.1 Å². The quantitative estimate of drug-likeness (QED) is 0.446. The van der Waals surface area contributed by atoms with E-state index in [1.807, 2.05) is 0 Å². The Bertz CT molecular complexity index is 161. The molecule has 0 bridgehead atoms. The molecule has 1 N–H and O–H groups in total. The highest BCUT2D eigenvalue weighted by Crippen LogP contribution is 2.11. The first-order chi connectivity index (χ1) is 5.26. The molecule has 0 aliphatic rings. The minimum atomic E-state index is 0.519. The van der Waals surface area contributed by atoms with Crippen LogP contribution in [0.5, 0.6) is 0 Å². The summed E-state index contributed by atoms with van der Waals surface area (Å²) in [5.41, 5.74) is 0.519. The zero-order chi connectivity index (χ0) is 9.28. The summed E-state index contributed by atoms with van der Waals surface area (Å²) < 4.78 is 0.674. The zero-order valence-corrected chi connectivity index (χ0v) is 7.97. The van der Waals surface area contributed by atoms with Gasteiger partial charge in [0.2, 0.25) is 0 Å². The second kappa shape index (κ2) is 9.33. The van der Waals surface area contributed by atoms with Crippen molar-refractivity contribution in [3.63, 3.8) is 0 Å². The van der Waals surface area contributed by atoms with E-state index in [4.69, 9.17) is 5.11 Å². The molecule has 0 unspecified atom stereocenters. The summed E-state index contributed by atoms with van der Waals surface area (Å²) in [5, 5.41) is 7.00. The second-order valence-corrected chi connectivity index (χ2v) is 2.18. The number of carbonyl (C=O) groups is 1. The fraction of sp³-hybridized carbons (Fsp3) is 0.125. The first kappa shape index (κ1) is 13.0. The Labute approximate surface area is 75.1 Å². The van der Waals surface area contributed by atoms with Crippen molar-refractivity contribution in [2.75, 3.05) is 7.11 Å². The number of hydrogen-bond donors (Lipinski definition) is 1. The van der Waals surface area contributed by atoms with Crippen molar-refractivity contribution in [2.24, 2.45) is 0 Å². The molecule has 0 fully saturated rings. The van der Waals surface area contributed by atoms with Gasteiger partial charge in [0.05, 0.1) is 0 Å². The van der Waals surface area contributed by atoms with Crippen molar-refractivity contribution in [1.29, 1.82) is 0 Å². The van der Waals surface area contributed by atoms with Crippen LogP contribution in [-0.2, 0) is 4.79 Å². The molecule has 0 aromatic heterocycles. The lowest BCUT2D eigenvalue weighted by Gasteiger charge is -1.89. The molecule has 0 aliphatic heterocycles. The summed E-state index contributed by atoms with van der Waals surface area (Å²) in [7, 11) is 1.00. The number of aliphatic hydroxyl groups excluding tert-OH is 1. The lowest BCUT2D eigenvalue weighted by Crippen LogP contribution is -1.79. The van der Waals surface area contributed by atoms with Crippen LogP contribution in [-0.4, -0.2) is 18.5 Å². The lowest BCUT2D eigenvalue weighted by molar-refractivity contribution is -0.104. The van der Waals surface area contributed by atoms with Gasteiger partial charge >= 0.3 is 0 Å². The van der Waals surface area contributed by atoms with Crippen LogP contribution >= 0.6 is 15.9 Å². The van der Waals surface area contributed by atoms with Crippen molar-refractivity contribution in [2.45, 2.75) is 0 Å². The molecule has 62 valence electrons. The van der Waals surface area contributed by atoms with Gasteiger partial charge in [-0.1, -0.05) is 41.2 Å². The van der Waals surface area contributed by atoms with Crippen molar-refractivity contribution in [3.8, 4) is 0 Å². The minimum Gasteiger partial charge on any atom is -0.400 e. The number of aliphatic hydroxyl groups is 1. The maximum absolute atomic E-state index is 10.1. The van der Waals surface area contributed by atoms with E-state index in [1.165, 1.54) is 6.08 Å². The summed E-state index contributed by atoms with van der Waals surface area (Å²) in [6.07, 6.45) is 3.74. The minimum absolute atomic E-state index is 0.519. The third-order valence-electron chi connectivity index (χ3n) is 0.802. The van der Waals surface area contributed by atoms with Gasteiger partial charge in [-0.25, -0.2) is 0 Å². The van der Waals surface area contributed by atoms with Crippen LogP contribution in [0.1, 0.15) is 0 Å². The van der Waals surface area contributed by atoms with Gasteiger partial charge in [-0.2, -0.15) is 0 Å². The van der Waals surface area contributed by atoms with Crippen molar-refractivity contribution in [3.05, 3.63) is 35.4 Å². The summed E-state index contributed by atoms with van der Waals surface area (Å²) in [6, 6.07) is 0. The molecule has 0 rings (SSSR count). The standard InChI is InChI=1S/C7H7BrO.CH4O/c1-3-6(5-9)7(8)4-2;1-2/h3-5H,1-2H2;2H,1H3/b7-6-;. The Morgan fingerprint density at radius 3 is 1.91 bits per heavy atom. The Kier molecular flexibility index (Phi) is 11.0.